The molecular formula is C24H44N2O13. The van der Waals surface area contributed by atoms with Crippen LogP contribution in [0.4, 0.5) is 0 Å². The van der Waals surface area contributed by atoms with E-state index in [4.69, 9.17) is 18.9 Å². The summed E-state index contributed by atoms with van der Waals surface area (Å²) in [6, 6.07) is 0. The first-order chi connectivity index (χ1) is 18.5. The summed E-state index contributed by atoms with van der Waals surface area (Å²) in [6.07, 6.45) is -11.4. The van der Waals surface area contributed by atoms with Crippen LogP contribution in [0.15, 0.2) is 0 Å². The second-order valence-corrected chi connectivity index (χ2v) is 9.73. The molecule has 0 aromatic rings. The van der Waals surface area contributed by atoms with Crippen molar-refractivity contribution < 1.29 is 64.3 Å². The summed E-state index contributed by atoms with van der Waals surface area (Å²) in [5, 5.41) is 71.6. The molecule has 2 fully saturated rings. The molecule has 2 aliphatic heterocycles. The van der Waals surface area contributed by atoms with Gasteiger partial charge in [0.25, 0.3) is 0 Å². The summed E-state index contributed by atoms with van der Waals surface area (Å²) in [5.41, 5.74) is 0. The monoisotopic (exact) mass is 568 g/mol. The number of ether oxygens (including phenoxy) is 4. The highest BCUT2D eigenvalue weighted by Crippen LogP contribution is 2.23. The number of hydrogen-bond donors (Lipinski definition) is 8. The third kappa shape index (κ3) is 9.82. The SMILES string of the molecule is CNC(=O)CCCCC(=O)N(CCCO[C@H]1O[C@H](CO)[C@@H](O)[C@H](O)[C@@H]1O)CCO[C@@H]1O[C@@H](C)[C@@H](O)[C@@H](O)[C@@H]1O. The Morgan fingerprint density at radius 3 is 2.00 bits per heavy atom. The van der Waals surface area contributed by atoms with Crippen molar-refractivity contribution in [2.24, 2.45) is 0 Å². The molecule has 15 nitrogen and oxygen atoms in total. The van der Waals surface area contributed by atoms with E-state index in [0.29, 0.717) is 25.7 Å². The standard InChI is InChI=1S/C24H44N2O13/c1-13-17(30)19(32)21(34)23(38-13)37-11-9-26(16(29)7-4-3-6-15(28)25-2)8-5-10-36-24-22(35)20(33)18(31)14(12-27)39-24/h13-14,17-24,27,30-35H,3-12H2,1-2H3,(H,25,28)/t13-,14+,17+,18+,19+,20-,21-,22-,23+,24-/m0/s1. The largest absolute Gasteiger partial charge is 0.394 e. The minimum atomic E-state index is -1.56. The average molecular weight is 569 g/mol. The van der Waals surface area contributed by atoms with E-state index in [2.05, 4.69) is 5.32 Å². The summed E-state index contributed by atoms with van der Waals surface area (Å²) < 4.78 is 21.8. The minimum absolute atomic E-state index is 0.00996. The first-order valence-electron chi connectivity index (χ1n) is 13.2. The zero-order chi connectivity index (χ0) is 29.1. The number of aliphatic hydroxyl groups excluding tert-OH is 7. The van der Waals surface area contributed by atoms with Crippen molar-refractivity contribution >= 4 is 11.8 Å². The Kier molecular flexibility index (Phi) is 14.4. The van der Waals surface area contributed by atoms with Crippen LogP contribution in [0.3, 0.4) is 0 Å². The highest BCUT2D eigenvalue weighted by Gasteiger charge is 2.44. The summed E-state index contributed by atoms with van der Waals surface area (Å²) in [7, 11) is 1.54. The molecule has 39 heavy (non-hydrogen) atoms. The maximum absolute atomic E-state index is 12.9. The molecule has 0 radical (unpaired) electrons. The van der Waals surface area contributed by atoms with Crippen LogP contribution < -0.4 is 5.32 Å². The molecule has 15 heteroatoms. The van der Waals surface area contributed by atoms with Crippen molar-refractivity contribution in [3.63, 3.8) is 0 Å². The molecule has 0 aliphatic carbocycles. The van der Waals surface area contributed by atoms with Crippen molar-refractivity contribution in [3.05, 3.63) is 0 Å². The molecule has 0 bridgehead atoms. The molecule has 0 aromatic carbocycles. The van der Waals surface area contributed by atoms with Gasteiger partial charge in [-0.05, 0) is 26.2 Å². The lowest BCUT2D eigenvalue weighted by Gasteiger charge is -2.39. The number of aliphatic hydroxyl groups is 7. The third-order valence-corrected chi connectivity index (χ3v) is 6.83. The second kappa shape index (κ2) is 16.7. The molecule has 2 aliphatic rings. The van der Waals surface area contributed by atoms with Gasteiger partial charge in [0.15, 0.2) is 12.6 Å². The van der Waals surface area contributed by atoms with Crippen molar-refractivity contribution in [1.82, 2.24) is 10.2 Å². The molecular weight excluding hydrogens is 524 g/mol. The Bertz CT molecular complexity index is 745. The van der Waals surface area contributed by atoms with Gasteiger partial charge in [-0.15, -0.1) is 0 Å². The average Bonchev–Trinajstić information content (AvgIpc) is 2.93. The van der Waals surface area contributed by atoms with Gasteiger partial charge in [0.05, 0.1) is 25.9 Å². The van der Waals surface area contributed by atoms with Gasteiger partial charge < -0.3 is 64.9 Å². The van der Waals surface area contributed by atoms with Crippen LogP contribution in [0.1, 0.15) is 39.0 Å². The zero-order valence-corrected chi connectivity index (χ0v) is 22.4. The van der Waals surface area contributed by atoms with E-state index in [1.165, 1.54) is 18.9 Å². The van der Waals surface area contributed by atoms with Crippen LogP contribution in [0.25, 0.3) is 0 Å². The maximum Gasteiger partial charge on any atom is 0.222 e. The Morgan fingerprint density at radius 2 is 1.36 bits per heavy atom. The zero-order valence-electron chi connectivity index (χ0n) is 22.4. The van der Waals surface area contributed by atoms with Crippen LogP contribution in [0, 0.1) is 0 Å². The normalized spacial score (nSPS) is 35.0. The number of hydrogen-bond acceptors (Lipinski definition) is 13. The van der Waals surface area contributed by atoms with Crippen molar-refractivity contribution in [2.45, 2.75) is 100 Å². The van der Waals surface area contributed by atoms with Gasteiger partial charge >= 0.3 is 0 Å². The smallest absolute Gasteiger partial charge is 0.222 e. The third-order valence-electron chi connectivity index (χ3n) is 6.83. The molecule has 0 saturated carbocycles. The fourth-order valence-electron chi connectivity index (χ4n) is 4.30. The molecule has 0 aromatic heterocycles. The topological polar surface area (TPSA) is 228 Å². The molecule has 228 valence electrons. The van der Waals surface area contributed by atoms with E-state index < -0.39 is 68.0 Å². The lowest BCUT2D eigenvalue weighted by Crippen LogP contribution is -2.59. The number of amides is 2. The van der Waals surface area contributed by atoms with E-state index in [1.807, 2.05) is 0 Å². The number of nitrogens with zero attached hydrogens (tertiary/aromatic N) is 1. The molecule has 8 N–H and O–H groups in total. The quantitative estimate of drug-likeness (QED) is 0.0887. The fourth-order valence-corrected chi connectivity index (χ4v) is 4.30. The van der Waals surface area contributed by atoms with Crippen molar-refractivity contribution in [2.75, 3.05) is 40.0 Å². The summed E-state index contributed by atoms with van der Waals surface area (Å²) >= 11 is 0. The lowest BCUT2D eigenvalue weighted by molar-refractivity contribution is -0.301. The predicted octanol–water partition coefficient (Wildman–Crippen LogP) is -3.83. The van der Waals surface area contributed by atoms with E-state index >= 15 is 0 Å². The molecule has 0 unspecified atom stereocenters. The minimum Gasteiger partial charge on any atom is -0.394 e. The predicted molar refractivity (Wildman–Crippen MR) is 132 cm³/mol. The van der Waals surface area contributed by atoms with Crippen LogP contribution >= 0.6 is 0 Å². The first-order valence-corrected chi connectivity index (χ1v) is 13.2. The summed E-state index contributed by atoms with van der Waals surface area (Å²) in [6.45, 7) is 1.22. The van der Waals surface area contributed by atoms with Gasteiger partial charge in [0.2, 0.25) is 11.8 Å². The van der Waals surface area contributed by atoms with Gasteiger partial charge in [0.1, 0.15) is 42.7 Å². The number of nitrogens with one attached hydrogen (secondary N) is 1. The van der Waals surface area contributed by atoms with Crippen molar-refractivity contribution in [3.8, 4) is 0 Å². The van der Waals surface area contributed by atoms with E-state index in [-0.39, 0.29) is 44.5 Å². The lowest BCUT2D eigenvalue weighted by atomic mass is 9.99. The number of unbranched alkanes of at least 4 members (excludes halogenated alkanes) is 1. The second-order valence-electron chi connectivity index (χ2n) is 9.73. The number of rotatable bonds is 15. The molecule has 2 saturated heterocycles. The van der Waals surface area contributed by atoms with Crippen LogP contribution in [0.5, 0.6) is 0 Å². The maximum atomic E-state index is 12.9. The Morgan fingerprint density at radius 1 is 0.769 bits per heavy atom. The van der Waals surface area contributed by atoms with Crippen LogP contribution in [-0.4, -0.2) is 154 Å². The Labute approximate surface area is 227 Å². The molecule has 2 heterocycles. The van der Waals surface area contributed by atoms with Crippen molar-refractivity contribution in [1.29, 1.82) is 0 Å². The Balaban J connectivity index is 1.87. The number of carbonyl (C=O) groups excluding carboxylic acids is 2. The van der Waals surface area contributed by atoms with Gasteiger partial charge in [-0.3, -0.25) is 9.59 Å². The van der Waals surface area contributed by atoms with Gasteiger partial charge in [0, 0.05) is 33.0 Å². The first kappa shape index (κ1) is 33.7. The Hall–Kier alpha value is -1.50. The van der Waals surface area contributed by atoms with E-state index in [9.17, 15) is 45.3 Å². The number of carbonyl (C=O) groups is 2. The van der Waals surface area contributed by atoms with Gasteiger partial charge in [-0.1, -0.05) is 0 Å². The van der Waals surface area contributed by atoms with Crippen LogP contribution in [-0.2, 0) is 28.5 Å². The molecule has 0 spiro atoms. The van der Waals surface area contributed by atoms with Gasteiger partial charge in [-0.2, -0.15) is 0 Å². The fraction of sp³-hybridized carbons (Fsp3) is 0.917. The molecule has 2 rings (SSSR count). The highest BCUT2D eigenvalue weighted by molar-refractivity contribution is 5.77. The molecule has 2 amide bonds. The summed E-state index contributed by atoms with van der Waals surface area (Å²) in [5.74, 6) is -0.331. The highest BCUT2D eigenvalue weighted by atomic mass is 16.7. The van der Waals surface area contributed by atoms with Gasteiger partial charge in [-0.25, -0.2) is 0 Å². The van der Waals surface area contributed by atoms with E-state index in [1.54, 1.807) is 0 Å². The van der Waals surface area contributed by atoms with Crippen LogP contribution in [0.2, 0.25) is 0 Å². The van der Waals surface area contributed by atoms with E-state index in [0.717, 1.165) is 0 Å². The molecule has 10 atom stereocenters. The summed E-state index contributed by atoms with van der Waals surface area (Å²) in [4.78, 5) is 25.8.